The van der Waals surface area contributed by atoms with Crippen LogP contribution in [0.3, 0.4) is 0 Å². The smallest absolute Gasteiger partial charge is 0.311 e. The Kier molecular flexibility index (Phi) is 4.31. The number of esters is 2. The molecule has 0 heterocycles. The number of allylic oxidation sites excluding steroid dienone is 1. The number of methoxy groups -OCH3 is 2. The van der Waals surface area contributed by atoms with Gasteiger partial charge in [0.1, 0.15) is 6.29 Å². The highest BCUT2D eigenvalue weighted by molar-refractivity contribution is 5.84. The molecule has 4 saturated carbocycles. The molecule has 154 valence electrons. The van der Waals surface area contributed by atoms with Crippen LogP contribution < -0.4 is 0 Å². The van der Waals surface area contributed by atoms with Gasteiger partial charge >= 0.3 is 11.9 Å². The van der Waals surface area contributed by atoms with Crippen LogP contribution in [0.2, 0.25) is 0 Å². The van der Waals surface area contributed by atoms with Crippen LogP contribution in [0.15, 0.2) is 12.2 Å². The molecule has 1 N–H and O–H groups in total. The molecular formula is C22H30O6. The highest BCUT2D eigenvalue weighted by atomic mass is 16.5. The maximum Gasteiger partial charge on any atom is 0.311 e. The first kappa shape index (κ1) is 19.6. The zero-order chi connectivity index (χ0) is 20.5. The molecule has 28 heavy (non-hydrogen) atoms. The van der Waals surface area contributed by atoms with Crippen molar-refractivity contribution >= 4 is 18.2 Å². The second kappa shape index (κ2) is 6.15. The molecule has 0 aromatic carbocycles. The first-order chi connectivity index (χ1) is 13.2. The Balaban J connectivity index is 1.98. The van der Waals surface area contributed by atoms with Gasteiger partial charge in [0, 0.05) is 11.3 Å². The summed E-state index contributed by atoms with van der Waals surface area (Å²) in [6.07, 6.45) is 3.84. The standard InChI is InChI=1S/C22H30O6/c1-12-7-21-8-13(12)5-6-15(21)22(11-23)10-14(24)9-20(2,19(26)28-4)17(22)16(21)18(25)27-3/h11,13-17,24H,1,5-10H2,2-4H3/t13-,14-,15-,16-,17-,20+,21+,22-/m1/s1. The van der Waals surface area contributed by atoms with Crippen LogP contribution >= 0.6 is 0 Å². The summed E-state index contributed by atoms with van der Waals surface area (Å²) < 4.78 is 10.4. The van der Waals surface area contributed by atoms with Crippen LogP contribution in [0.5, 0.6) is 0 Å². The second-order valence-electron chi connectivity index (χ2n) is 9.78. The fourth-order valence-electron chi connectivity index (χ4n) is 8.06. The van der Waals surface area contributed by atoms with E-state index in [-0.39, 0.29) is 24.7 Å². The third kappa shape index (κ3) is 2.15. The number of rotatable bonds is 3. The molecule has 4 rings (SSSR count). The van der Waals surface area contributed by atoms with Crippen molar-refractivity contribution in [2.24, 2.45) is 39.9 Å². The van der Waals surface area contributed by atoms with Crippen LogP contribution in [-0.4, -0.2) is 43.7 Å². The van der Waals surface area contributed by atoms with Gasteiger partial charge in [-0.1, -0.05) is 12.2 Å². The Bertz CT molecular complexity index is 745. The van der Waals surface area contributed by atoms with Gasteiger partial charge in [-0.15, -0.1) is 0 Å². The molecule has 1 spiro atoms. The van der Waals surface area contributed by atoms with Crippen molar-refractivity contribution in [3.05, 3.63) is 12.2 Å². The number of carbonyl (C=O) groups is 3. The molecular weight excluding hydrogens is 360 g/mol. The number of hydrogen-bond donors (Lipinski definition) is 1. The van der Waals surface area contributed by atoms with Crippen molar-refractivity contribution in [1.82, 2.24) is 0 Å². The van der Waals surface area contributed by atoms with E-state index in [1.165, 1.54) is 14.2 Å². The van der Waals surface area contributed by atoms with E-state index < -0.39 is 40.2 Å². The Morgan fingerprint density at radius 3 is 2.50 bits per heavy atom. The number of aliphatic hydroxyl groups is 1. The summed E-state index contributed by atoms with van der Waals surface area (Å²) >= 11 is 0. The fraction of sp³-hybridized carbons (Fsp3) is 0.773. The summed E-state index contributed by atoms with van der Waals surface area (Å²) in [6, 6.07) is 0. The Labute approximate surface area is 165 Å². The Hall–Kier alpha value is -1.69. The van der Waals surface area contributed by atoms with Crippen molar-refractivity contribution < 1.29 is 29.0 Å². The van der Waals surface area contributed by atoms with E-state index in [0.29, 0.717) is 12.3 Å². The summed E-state index contributed by atoms with van der Waals surface area (Å²) in [5.74, 6) is -1.68. The molecule has 4 aliphatic rings. The van der Waals surface area contributed by atoms with Gasteiger partial charge in [0.15, 0.2) is 0 Å². The van der Waals surface area contributed by atoms with Crippen molar-refractivity contribution in [3.8, 4) is 0 Å². The lowest BCUT2D eigenvalue weighted by Crippen LogP contribution is -2.56. The van der Waals surface area contributed by atoms with E-state index in [2.05, 4.69) is 6.58 Å². The number of carbonyl (C=O) groups excluding carboxylic acids is 3. The maximum absolute atomic E-state index is 13.2. The van der Waals surface area contributed by atoms with Gasteiger partial charge in [0.25, 0.3) is 0 Å². The highest BCUT2D eigenvalue weighted by Gasteiger charge is 2.77. The largest absolute Gasteiger partial charge is 0.469 e. The number of aliphatic hydroxyl groups excluding tert-OH is 1. The second-order valence-corrected chi connectivity index (χ2v) is 9.78. The molecule has 0 aromatic heterocycles. The molecule has 4 aliphatic carbocycles. The molecule has 0 amide bonds. The van der Waals surface area contributed by atoms with Crippen molar-refractivity contribution in [2.45, 2.75) is 51.6 Å². The zero-order valence-corrected chi connectivity index (χ0v) is 16.9. The van der Waals surface area contributed by atoms with E-state index in [1.54, 1.807) is 6.92 Å². The number of fused-ring (bicyclic) bond motifs is 3. The van der Waals surface area contributed by atoms with Gasteiger partial charge in [0.2, 0.25) is 0 Å². The third-order valence-corrected chi connectivity index (χ3v) is 8.70. The Morgan fingerprint density at radius 2 is 1.89 bits per heavy atom. The Morgan fingerprint density at radius 1 is 1.18 bits per heavy atom. The summed E-state index contributed by atoms with van der Waals surface area (Å²) in [6.45, 7) is 6.00. The SMILES string of the molecule is C=C1C[C@]23C[C@H]1CC[C@H]2[C@]1(C=O)C[C@H](O)C[C@](C)(C(=O)OC)[C@H]1[C@@H]3C(=O)OC. The summed E-state index contributed by atoms with van der Waals surface area (Å²) in [4.78, 5) is 38.8. The monoisotopic (exact) mass is 390 g/mol. The molecule has 0 radical (unpaired) electrons. The van der Waals surface area contributed by atoms with Gasteiger partial charge in [-0.2, -0.15) is 0 Å². The predicted octanol–water partition coefficient (Wildman–Crippen LogP) is 2.29. The average Bonchev–Trinajstić information content (AvgIpc) is 3.07. The molecule has 8 atom stereocenters. The van der Waals surface area contributed by atoms with Crippen LogP contribution in [0, 0.1) is 39.9 Å². The van der Waals surface area contributed by atoms with Crippen LogP contribution in [0.1, 0.15) is 45.4 Å². The lowest BCUT2D eigenvalue weighted by Gasteiger charge is -2.51. The number of ether oxygens (including phenoxy) is 2. The molecule has 6 nitrogen and oxygen atoms in total. The first-order valence-corrected chi connectivity index (χ1v) is 10.2. The molecule has 0 unspecified atom stereocenters. The minimum atomic E-state index is -1.13. The predicted molar refractivity (Wildman–Crippen MR) is 99.9 cm³/mol. The lowest BCUT2D eigenvalue weighted by molar-refractivity contribution is -0.177. The number of aldehydes is 1. The minimum Gasteiger partial charge on any atom is -0.469 e. The van der Waals surface area contributed by atoms with Crippen molar-refractivity contribution in [1.29, 1.82) is 0 Å². The van der Waals surface area contributed by atoms with E-state index in [9.17, 15) is 19.5 Å². The molecule has 0 aliphatic heterocycles. The van der Waals surface area contributed by atoms with Gasteiger partial charge in [-0.05, 0) is 62.7 Å². The molecule has 2 bridgehead atoms. The maximum atomic E-state index is 13.2. The van der Waals surface area contributed by atoms with Crippen LogP contribution in [0.25, 0.3) is 0 Å². The quantitative estimate of drug-likeness (QED) is 0.452. The fourth-order valence-corrected chi connectivity index (χ4v) is 8.06. The first-order valence-electron chi connectivity index (χ1n) is 10.2. The summed E-state index contributed by atoms with van der Waals surface area (Å²) in [5, 5.41) is 10.7. The van der Waals surface area contributed by atoms with Gasteiger partial charge < -0.3 is 19.4 Å². The van der Waals surface area contributed by atoms with Gasteiger partial charge in [0.05, 0.1) is 31.7 Å². The average molecular weight is 390 g/mol. The minimum absolute atomic E-state index is 0.0685. The van der Waals surface area contributed by atoms with Crippen molar-refractivity contribution in [3.63, 3.8) is 0 Å². The number of hydrogen-bond acceptors (Lipinski definition) is 6. The third-order valence-electron chi connectivity index (χ3n) is 8.70. The van der Waals surface area contributed by atoms with Crippen LogP contribution in [0.4, 0.5) is 0 Å². The molecule has 4 fully saturated rings. The highest BCUT2D eigenvalue weighted by Crippen LogP contribution is 2.77. The summed E-state index contributed by atoms with van der Waals surface area (Å²) in [7, 11) is 2.68. The molecule has 0 saturated heterocycles. The summed E-state index contributed by atoms with van der Waals surface area (Å²) in [5.41, 5.74) is -1.36. The van der Waals surface area contributed by atoms with Crippen molar-refractivity contribution in [2.75, 3.05) is 14.2 Å². The van der Waals surface area contributed by atoms with E-state index in [4.69, 9.17) is 9.47 Å². The van der Waals surface area contributed by atoms with Gasteiger partial charge in [-0.3, -0.25) is 9.59 Å². The topological polar surface area (TPSA) is 89.9 Å². The van der Waals surface area contributed by atoms with E-state index in [1.807, 2.05) is 0 Å². The normalized spacial score (nSPS) is 49.1. The van der Waals surface area contributed by atoms with E-state index >= 15 is 0 Å². The van der Waals surface area contributed by atoms with Gasteiger partial charge in [-0.25, -0.2) is 0 Å². The van der Waals surface area contributed by atoms with E-state index in [0.717, 1.165) is 31.1 Å². The molecule has 6 heteroatoms. The zero-order valence-electron chi connectivity index (χ0n) is 16.9. The van der Waals surface area contributed by atoms with Crippen LogP contribution in [-0.2, 0) is 23.9 Å². The molecule has 0 aromatic rings. The lowest BCUT2D eigenvalue weighted by atomic mass is 9.52.